The third kappa shape index (κ3) is 4.31. The molecule has 0 unspecified atom stereocenters. The Morgan fingerprint density at radius 3 is 2.44 bits per heavy atom. The van der Waals surface area contributed by atoms with Gasteiger partial charge in [-0.05, 0) is 41.9 Å². The van der Waals surface area contributed by atoms with Crippen LogP contribution in [-0.2, 0) is 29.0 Å². The number of fused-ring (bicyclic) bond motifs is 1. The van der Waals surface area contributed by atoms with Crippen molar-refractivity contribution in [1.29, 1.82) is 5.26 Å². The zero-order valence-corrected chi connectivity index (χ0v) is 18.7. The van der Waals surface area contributed by atoms with E-state index in [1.807, 2.05) is 30.3 Å². The van der Waals surface area contributed by atoms with E-state index in [1.165, 1.54) is 5.56 Å². The molecule has 1 aliphatic heterocycles. The van der Waals surface area contributed by atoms with Crippen molar-refractivity contribution in [1.82, 2.24) is 15.2 Å². The highest BCUT2D eigenvalue weighted by atomic mass is 16.2. The lowest BCUT2D eigenvalue weighted by Gasteiger charge is -2.36. The number of amides is 2. The van der Waals surface area contributed by atoms with Gasteiger partial charge in [0.2, 0.25) is 0 Å². The predicted molar refractivity (Wildman–Crippen MR) is 122 cm³/mol. The third-order valence-corrected chi connectivity index (χ3v) is 6.29. The van der Waals surface area contributed by atoms with Crippen LogP contribution in [0.5, 0.6) is 0 Å². The molecule has 1 aromatic carbocycles. The highest BCUT2D eigenvalue weighted by molar-refractivity contribution is 6.35. The van der Waals surface area contributed by atoms with E-state index in [-0.39, 0.29) is 0 Å². The van der Waals surface area contributed by atoms with Gasteiger partial charge in [-0.1, -0.05) is 44.2 Å². The number of carbonyl (C=O) groups excluding carboxylic acids is 2. The van der Waals surface area contributed by atoms with E-state index in [9.17, 15) is 14.9 Å². The van der Waals surface area contributed by atoms with E-state index >= 15 is 0 Å². The van der Waals surface area contributed by atoms with Crippen molar-refractivity contribution in [2.75, 3.05) is 31.1 Å². The van der Waals surface area contributed by atoms with Gasteiger partial charge in [0, 0.05) is 38.4 Å². The summed E-state index contributed by atoms with van der Waals surface area (Å²) >= 11 is 0. The highest BCUT2D eigenvalue weighted by Gasteiger charge is 2.30. The van der Waals surface area contributed by atoms with Crippen LogP contribution in [0.25, 0.3) is 0 Å². The first-order valence-electron chi connectivity index (χ1n) is 11.3. The maximum atomic E-state index is 12.6. The van der Waals surface area contributed by atoms with Gasteiger partial charge in [0.25, 0.3) is 0 Å². The van der Waals surface area contributed by atoms with Crippen LogP contribution in [-0.4, -0.2) is 47.9 Å². The van der Waals surface area contributed by atoms with Gasteiger partial charge in [-0.15, -0.1) is 0 Å². The van der Waals surface area contributed by atoms with Crippen LogP contribution in [0.15, 0.2) is 30.3 Å². The second-order valence-corrected chi connectivity index (χ2v) is 8.72. The van der Waals surface area contributed by atoms with Gasteiger partial charge >= 0.3 is 11.8 Å². The number of hydrogen-bond acceptors (Lipinski definition) is 5. The summed E-state index contributed by atoms with van der Waals surface area (Å²) in [6.07, 6.45) is 2.98. The number of nitriles is 1. The molecule has 7 heteroatoms. The quantitative estimate of drug-likeness (QED) is 0.752. The molecule has 1 saturated heterocycles. The van der Waals surface area contributed by atoms with E-state index in [0.717, 1.165) is 41.9 Å². The van der Waals surface area contributed by atoms with Crippen molar-refractivity contribution in [2.24, 2.45) is 0 Å². The van der Waals surface area contributed by atoms with Crippen molar-refractivity contribution in [3.05, 3.63) is 58.3 Å². The van der Waals surface area contributed by atoms with Crippen LogP contribution in [0.2, 0.25) is 0 Å². The second-order valence-electron chi connectivity index (χ2n) is 8.72. The summed E-state index contributed by atoms with van der Waals surface area (Å²) in [5.74, 6) is -0.0642. The standard InChI is InChI=1S/C25H29N5O2/c1-17(2)22-20-10-6-9-19(20)21(15-26)23(28-22)29-11-13-30(14-12-29)25(32)24(31)27-16-18-7-4-3-5-8-18/h3-5,7-8,17H,6,9-14,16H2,1-2H3,(H,27,31). The van der Waals surface area contributed by atoms with Crippen LogP contribution in [0.1, 0.15) is 54.1 Å². The third-order valence-electron chi connectivity index (χ3n) is 6.29. The summed E-state index contributed by atoms with van der Waals surface area (Å²) in [7, 11) is 0. The molecule has 2 aromatic rings. The van der Waals surface area contributed by atoms with E-state index in [2.05, 4.69) is 30.1 Å². The monoisotopic (exact) mass is 431 g/mol. The number of rotatable bonds is 4. The normalized spacial score (nSPS) is 15.4. The van der Waals surface area contributed by atoms with Crippen LogP contribution < -0.4 is 10.2 Å². The molecule has 4 rings (SSSR count). The van der Waals surface area contributed by atoms with Gasteiger partial charge in [-0.25, -0.2) is 4.98 Å². The van der Waals surface area contributed by atoms with Crippen LogP contribution in [0.4, 0.5) is 5.82 Å². The topological polar surface area (TPSA) is 89.3 Å². The number of aromatic nitrogens is 1. The highest BCUT2D eigenvalue weighted by Crippen LogP contribution is 2.35. The number of piperazine rings is 1. The summed E-state index contributed by atoms with van der Waals surface area (Å²) in [6, 6.07) is 11.9. The minimum Gasteiger partial charge on any atom is -0.352 e. The second kappa shape index (κ2) is 9.39. The number of hydrogen-bond donors (Lipinski definition) is 1. The molecule has 0 spiro atoms. The van der Waals surface area contributed by atoms with Gasteiger partial charge in [-0.2, -0.15) is 5.26 Å². The van der Waals surface area contributed by atoms with Crippen LogP contribution in [0.3, 0.4) is 0 Å². The molecule has 1 aromatic heterocycles. The first-order chi connectivity index (χ1) is 15.5. The Morgan fingerprint density at radius 1 is 1.09 bits per heavy atom. The fourth-order valence-corrected chi connectivity index (χ4v) is 4.62. The summed E-state index contributed by atoms with van der Waals surface area (Å²) < 4.78 is 0. The fourth-order valence-electron chi connectivity index (χ4n) is 4.62. The molecule has 0 atom stereocenters. The summed E-state index contributed by atoms with van der Waals surface area (Å²) in [5, 5.41) is 12.6. The smallest absolute Gasteiger partial charge is 0.312 e. The minimum absolute atomic E-state index is 0.296. The van der Waals surface area contributed by atoms with Crippen molar-refractivity contribution in [3.8, 4) is 6.07 Å². The first kappa shape index (κ1) is 21.8. The summed E-state index contributed by atoms with van der Waals surface area (Å²) in [6.45, 7) is 6.57. The van der Waals surface area contributed by atoms with Crippen molar-refractivity contribution in [3.63, 3.8) is 0 Å². The lowest BCUT2D eigenvalue weighted by molar-refractivity contribution is -0.146. The largest absolute Gasteiger partial charge is 0.352 e. The lowest BCUT2D eigenvalue weighted by Crippen LogP contribution is -2.53. The molecule has 166 valence electrons. The Kier molecular flexibility index (Phi) is 6.40. The SMILES string of the molecule is CC(C)c1nc(N2CCN(C(=O)C(=O)NCc3ccccc3)CC2)c(C#N)c2c1CCC2. The van der Waals surface area contributed by atoms with Crippen molar-refractivity contribution < 1.29 is 9.59 Å². The average molecular weight is 432 g/mol. The summed E-state index contributed by atoms with van der Waals surface area (Å²) in [4.78, 5) is 33.6. The predicted octanol–water partition coefficient (Wildman–Crippen LogP) is 2.53. The fraction of sp³-hybridized carbons (Fsp3) is 0.440. The molecular formula is C25H29N5O2. The van der Waals surface area contributed by atoms with Gasteiger partial charge in [-0.3, -0.25) is 9.59 Å². The molecule has 7 nitrogen and oxygen atoms in total. The zero-order valence-electron chi connectivity index (χ0n) is 18.7. The van der Waals surface area contributed by atoms with Gasteiger partial charge in [0.15, 0.2) is 0 Å². The number of nitrogens with zero attached hydrogens (tertiary/aromatic N) is 4. The van der Waals surface area contributed by atoms with Gasteiger partial charge in [0.05, 0.1) is 5.56 Å². The Labute approximate surface area is 189 Å². The molecule has 0 saturated carbocycles. The molecule has 1 fully saturated rings. The van der Waals surface area contributed by atoms with Gasteiger partial charge < -0.3 is 15.1 Å². The minimum atomic E-state index is -0.585. The number of anilines is 1. The number of pyridine rings is 1. The molecule has 2 heterocycles. The van der Waals surface area contributed by atoms with E-state index < -0.39 is 11.8 Å². The molecule has 1 aliphatic carbocycles. The average Bonchev–Trinajstić information content (AvgIpc) is 3.31. The van der Waals surface area contributed by atoms with E-state index in [1.54, 1.807) is 4.90 Å². The van der Waals surface area contributed by atoms with Gasteiger partial charge in [0.1, 0.15) is 11.9 Å². The Hall–Kier alpha value is -3.40. The van der Waals surface area contributed by atoms with E-state index in [0.29, 0.717) is 44.2 Å². The Morgan fingerprint density at radius 2 is 1.78 bits per heavy atom. The van der Waals surface area contributed by atoms with Crippen molar-refractivity contribution in [2.45, 2.75) is 45.6 Å². The van der Waals surface area contributed by atoms with Crippen molar-refractivity contribution >= 4 is 17.6 Å². The Balaban J connectivity index is 1.43. The number of nitrogens with one attached hydrogen (secondary N) is 1. The molecule has 32 heavy (non-hydrogen) atoms. The molecular weight excluding hydrogens is 402 g/mol. The molecule has 1 N–H and O–H groups in total. The van der Waals surface area contributed by atoms with Crippen LogP contribution >= 0.6 is 0 Å². The zero-order chi connectivity index (χ0) is 22.7. The lowest BCUT2D eigenvalue weighted by atomic mass is 9.97. The maximum absolute atomic E-state index is 12.6. The molecule has 2 aliphatic rings. The Bertz CT molecular complexity index is 1050. The van der Waals surface area contributed by atoms with Crippen LogP contribution in [0, 0.1) is 11.3 Å². The molecule has 0 radical (unpaired) electrons. The maximum Gasteiger partial charge on any atom is 0.312 e. The first-order valence-corrected chi connectivity index (χ1v) is 11.3. The number of benzene rings is 1. The summed E-state index contributed by atoms with van der Waals surface area (Å²) in [5.41, 5.74) is 5.13. The molecule has 2 amide bonds. The van der Waals surface area contributed by atoms with E-state index in [4.69, 9.17) is 4.98 Å². The molecule has 0 bridgehead atoms. The number of carbonyl (C=O) groups is 2.